The number of carbonyl (C=O) groups is 2. The number of para-hydroxylation sites is 2. The van der Waals surface area contributed by atoms with Crippen LogP contribution < -0.4 is 11.0 Å². The molecule has 0 bridgehead atoms. The van der Waals surface area contributed by atoms with Crippen molar-refractivity contribution in [3.05, 3.63) is 34.7 Å². The van der Waals surface area contributed by atoms with Crippen LogP contribution in [0.2, 0.25) is 0 Å². The molecule has 148 valence electrons. The summed E-state index contributed by atoms with van der Waals surface area (Å²) in [4.78, 5) is 36.5. The zero-order valence-corrected chi connectivity index (χ0v) is 16.4. The molecule has 0 atom stereocenters. The number of hydrogen-bond acceptors (Lipinski definition) is 4. The Bertz CT molecular complexity index is 833. The summed E-state index contributed by atoms with van der Waals surface area (Å²) >= 11 is 0. The molecule has 0 radical (unpaired) electrons. The van der Waals surface area contributed by atoms with Crippen LogP contribution in [0.15, 0.2) is 29.1 Å². The predicted octanol–water partition coefficient (Wildman–Crippen LogP) is 2.45. The van der Waals surface area contributed by atoms with Gasteiger partial charge < -0.3 is 10.1 Å². The van der Waals surface area contributed by atoms with E-state index in [1.165, 1.54) is 0 Å². The monoisotopic (exact) mass is 375 g/mol. The van der Waals surface area contributed by atoms with Crippen molar-refractivity contribution < 1.29 is 14.3 Å². The summed E-state index contributed by atoms with van der Waals surface area (Å²) in [6.07, 6.45) is 2.56. The van der Waals surface area contributed by atoms with Crippen LogP contribution in [-0.2, 0) is 27.4 Å². The van der Waals surface area contributed by atoms with Crippen molar-refractivity contribution in [3.63, 3.8) is 0 Å². The predicted molar refractivity (Wildman–Crippen MR) is 105 cm³/mol. The van der Waals surface area contributed by atoms with Crippen molar-refractivity contribution in [3.8, 4) is 0 Å². The number of imidazole rings is 1. The van der Waals surface area contributed by atoms with Gasteiger partial charge in [0, 0.05) is 19.1 Å². The summed E-state index contributed by atoms with van der Waals surface area (Å²) < 4.78 is 8.37. The Balaban J connectivity index is 1.97. The maximum atomic E-state index is 12.7. The van der Waals surface area contributed by atoms with Gasteiger partial charge in [0.05, 0.1) is 17.5 Å². The fourth-order valence-corrected chi connectivity index (χ4v) is 3.11. The van der Waals surface area contributed by atoms with E-state index in [4.69, 9.17) is 4.74 Å². The molecule has 2 aromatic rings. The highest BCUT2D eigenvalue weighted by Gasteiger charge is 2.15. The van der Waals surface area contributed by atoms with E-state index < -0.39 is 5.97 Å². The number of carbonyl (C=O) groups excluding carboxylic acids is 2. The lowest BCUT2D eigenvalue weighted by Crippen LogP contribution is -2.37. The van der Waals surface area contributed by atoms with Crippen molar-refractivity contribution in [1.82, 2.24) is 14.5 Å². The van der Waals surface area contributed by atoms with E-state index in [-0.39, 0.29) is 37.2 Å². The minimum atomic E-state index is -0.492. The first-order chi connectivity index (χ1) is 13.0. The molecule has 2 rings (SSSR count). The highest BCUT2D eigenvalue weighted by molar-refractivity contribution is 5.81. The molecule has 0 spiro atoms. The van der Waals surface area contributed by atoms with E-state index >= 15 is 0 Å². The molecule has 0 aliphatic rings. The number of fused-ring (bicyclic) bond motifs is 1. The molecule has 1 amide bonds. The quantitative estimate of drug-likeness (QED) is 0.647. The molecular weight excluding hydrogens is 346 g/mol. The minimum Gasteiger partial charge on any atom is -0.456 e. The molecule has 1 N–H and O–H groups in total. The first kappa shape index (κ1) is 20.7. The third-order valence-electron chi connectivity index (χ3n) is 4.63. The molecule has 0 unspecified atom stereocenters. The number of aromatic nitrogens is 2. The van der Waals surface area contributed by atoms with Crippen molar-refractivity contribution in [2.75, 3.05) is 6.61 Å². The third kappa shape index (κ3) is 5.21. The minimum absolute atomic E-state index is 0.0400. The van der Waals surface area contributed by atoms with E-state index in [0.29, 0.717) is 6.54 Å². The zero-order chi connectivity index (χ0) is 19.8. The Morgan fingerprint density at radius 3 is 2.19 bits per heavy atom. The Kier molecular flexibility index (Phi) is 7.64. The van der Waals surface area contributed by atoms with Crippen LogP contribution in [0.1, 0.15) is 46.5 Å². The SMILES string of the molecule is CCCn1c(=O)n(CCC(=O)OCC(=O)NC(CC)CC)c2ccccc21. The molecule has 0 saturated carbocycles. The van der Waals surface area contributed by atoms with Gasteiger partial charge in [0.1, 0.15) is 0 Å². The second kappa shape index (κ2) is 9.94. The van der Waals surface area contributed by atoms with E-state index in [1.807, 2.05) is 45.0 Å². The molecule has 27 heavy (non-hydrogen) atoms. The highest BCUT2D eigenvalue weighted by Crippen LogP contribution is 2.13. The number of aryl methyl sites for hydroxylation is 2. The van der Waals surface area contributed by atoms with Gasteiger partial charge in [0.25, 0.3) is 5.91 Å². The number of ether oxygens (including phenoxy) is 1. The molecule has 0 aliphatic heterocycles. The van der Waals surface area contributed by atoms with Crippen molar-refractivity contribution in [2.24, 2.45) is 0 Å². The Labute approximate surface area is 159 Å². The summed E-state index contributed by atoms with van der Waals surface area (Å²) in [5.41, 5.74) is 1.54. The second-order valence-electron chi connectivity index (χ2n) is 6.57. The maximum absolute atomic E-state index is 12.7. The Morgan fingerprint density at radius 2 is 1.63 bits per heavy atom. The van der Waals surface area contributed by atoms with E-state index in [9.17, 15) is 14.4 Å². The van der Waals surface area contributed by atoms with Gasteiger partial charge in [0.15, 0.2) is 6.61 Å². The molecular formula is C20H29N3O4. The first-order valence-electron chi connectivity index (χ1n) is 9.64. The van der Waals surface area contributed by atoms with Crippen LogP contribution in [0.3, 0.4) is 0 Å². The Hall–Kier alpha value is -2.57. The summed E-state index contributed by atoms with van der Waals surface area (Å²) in [5, 5.41) is 2.82. The molecule has 0 fully saturated rings. The summed E-state index contributed by atoms with van der Waals surface area (Å²) in [6.45, 7) is 6.57. The average Bonchev–Trinajstić information content (AvgIpc) is 2.94. The van der Waals surface area contributed by atoms with Gasteiger partial charge in [-0.2, -0.15) is 0 Å². The third-order valence-corrected chi connectivity index (χ3v) is 4.63. The van der Waals surface area contributed by atoms with Crippen LogP contribution >= 0.6 is 0 Å². The standard InChI is InChI=1S/C20H29N3O4/c1-4-12-22-16-9-7-8-10-17(16)23(20(22)26)13-11-19(25)27-14-18(24)21-15(5-2)6-3/h7-10,15H,4-6,11-14H2,1-3H3,(H,21,24). The number of amides is 1. The topological polar surface area (TPSA) is 82.3 Å². The number of nitrogens with zero attached hydrogens (tertiary/aromatic N) is 2. The zero-order valence-electron chi connectivity index (χ0n) is 16.4. The van der Waals surface area contributed by atoms with Crippen LogP contribution in [0.5, 0.6) is 0 Å². The molecule has 1 aromatic heterocycles. The van der Waals surface area contributed by atoms with E-state index in [2.05, 4.69) is 5.32 Å². The smallest absolute Gasteiger partial charge is 0.329 e. The largest absolute Gasteiger partial charge is 0.456 e. The lowest BCUT2D eigenvalue weighted by Gasteiger charge is -2.14. The van der Waals surface area contributed by atoms with Crippen LogP contribution in [0, 0.1) is 0 Å². The van der Waals surface area contributed by atoms with E-state index in [1.54, 1.807) is 9.13 Å². The number of benzene rings is 1. The van der Waals surface area contributed by atoms with Crippen molar-refractivity contribution in [1.29, 1.82) is 0 Å². The van der Waals surface area contributed by atoms with Gasteiger partial charge in [0.2, 0.25) is 0 Å². The second-order valence-corrected chi connectivity index (χ2v) is 6.57. The van der Waals surface area contributed by atoms with Crippen molar-refractivity contribution in [2.45, 2.75) is 65.6 Å². The normalized spacial score (nSPS) is 11.1. The van der Waals surface area contributed by atoms with Gasteiger partial charge in [-0.3, -0.25) is 18.7 Å². The molecule has 7 nitrogen and oxygen atoms in total. The van der Waals surface area contributed by atoms with Crippen molar-refractivity contribution >= 4 is 22.9 Å². The van der Waals surface area contributed by atoms with Gasteiger partial charge in [-0.15, -0.1) is 0 Å². The summed E-state index contributed by atoms with van der Waals surface area (Å²) in [5.74, 6) is -0.789. The van der Waals surface area contributed by atoms with Gasteiger partial charge in [-0.25, -0.2) is 4.79 Å². The number of nitrogens with one attached hydrogen (secondary N) is 1. The maximum Gasteiger partial charge on any atom is 0.329 e. The van der Waals surface area contributed by atoms with Gasteiger partial charge in [-0.1, -0.05) is 32.9 Å². The lowest BCUT2D eigenvalue weighted by molar-refractivity contribution is -0.148. The van der Waals surface area contributed by atoms with Gasteiger partial charge >= 0.3 is 11.7 Å². The molecule has 0 aliphatic carbocycles. The number of esters is 1. The Morgan fingerprint density at radius 1 is 1.04 bits per heavy atom. The first-order valence-corrected chi connectivity index (χ1v) is 9.64. The number of rotatable bonds is 10. The summed E-state index contributed by atoms with van der Waals surface area (Å²) in [6, 6.07) is 7.64. The van der Waals surface area contributed by atoms with Gasteiger partial charge in [-0.05, 0) is 31.4 Å². The fourth-order valence-electron chi connectivity index (χ4n) is 3.11. The number of hydrogen-bond donors (Lipinski definition) is 1. The summed E-state index contributed by atoms with van der Waals surface area (Å²) in [7, 11) is 0. The van der Waals surface area contributed by atoms with Crippen LogP contribution in [0.25, 0.3) is 11.0 Å². The molecule has 1 aromatic carbocycles. The molecule has 0 saturated heterocycles. The lowest BCUT2D eigenvalue weighted by atomic mass is 10.2. The van der Waals surface area contributed by atoms with E-state index in [0.717, 1.165) is 30.3 Å². The van der Waals surface area contributed by atoms with Crippen LogP contribution in [-0.4, -0.2) is 33.7 Å². The molecule has 7 heteroatoms. The highest BCUT2D eigenvalue weighted by atomic mass is 16.5. The van der Waals surface area contributed by atoms with Crippen LogP contribution in [0.4, 0.5) is 0 Å². The average molecular weight is 375 g/mol. The fraction of sp³-hybridized carbons (Fsp3) is 0.550. The molecule has 1 heterocycles.